The van der Waals surface area contributed by atoms with Crippen LogP contribution in [0.5, 0.6) is 0 Å². The molecule has 2 amide bonds. The Kier molecular flexibility index (Phi) is 11.7. The third-order valence-electron chi connectivity index (χ3n) is 9.74. The first-order valence-electron chi connectivity index (χ1n) is 19.0. The number of hydrogen-bond donors (Lipinski definition) is 3. The predicted molar refractivity (Wildman–Crippen MR) is 221 cm³/mol. The van der Waals surface area contributed by atoms with Crippen LogP contribution in [0.1, 0.15) is 53.9 Å². The average Bonchev–Trinajstić information content (AvgIpc) is 3.82. The number of anilines is 1. The van der Waals surface area contributed by atoms with E-state index in [0.717, 1.165) is 67.7 Å². The van der Waals surface area contributed by atoms with Gasteiger partial charge < -0.3 is 29.3 Å². The van der Waals surface area contributed by atoms with Crippen molar-refractivity contribution in [3.8, 4) is 45.0 Å². The minimum Gasteiger partial charge on any atom is -0.456 e. The Labute approximate surface area is 330 Å². The summed E-state index contributed by atoms with van der Waals surface area (Å²) in [5.41, 5.74) is 9.10. The van der Waals surface area contributed by atoms with Gasteiger partial charge in [0.25, 0.3) is 5.91 Å². The fourth-order valence-corrected chi connectivity index (χ4v) is 7.23. The van der Waals surface area contributed by atoms with Gasteiger partial charge in [0, 0.05) is 60.5 Å². The zero-order valence-electron chi connectivity index (χ0n) is 31.9. The Balaban J connectivity index is 1.02. The normalized spacial score (nSPS) is 11.7. The van der Waals surface area contributed by atoms with Crippen molar-refractivity contribution in [2.24, 2.45) is 4.99 Å². The quantitative estimate of drug-likeness (QED) is 0.0741. The third-order valence-corrected chi connectivity index (χ3v) is 9.94. The highest BCUT2D eigenvalue weighted by Crippen LogP contribution is 2.41. The van der Waals surface area contributed by atoms with Crippen molar-refractivity contribution in [2.75, 3.05) is 31.5 Å². The van der Waals surface area contributed by atoms with E-state index in [4.69, 9.17) is 25.0 Å². The number of aryl methyl sites for hydroxylation is 1. The van der Waals surface area contributed by atoms with Crippen molar-refractivity contribution in [1.29, 1.82) is 0 Å². The maximum absolute atomic E-state index is 13.8. The van der Waals surface area contributed by atoms with Crippen LogP contribution >= 0.6 is 11.6 Å². The standard InChI is InChI=1S/C45H44ClN5O5/c1-5-47-34-24-37-30(22-27(34)3)23-33-38(54-37)25-35(48-6-2)28(4)42(33)31-16-10-11-17-32(31)45(53)50-21-13-12-20-49-41(52)26-39-43(29-14-8-7-9-15-29)44(51-56-39)36-18-19-40(46)55-36/h7-11,14-19,22-25,48H,5-6,12-13,20-21,26H2,1-4H3,(H,49,52)(H,50,53). The molecule has 3 aromatic carbocycles. The molecule has 10 nitrogen and oxygen atoms in total. The molecule has 0 saturated carbocycles. The molecule has 7 rings (SSSR count). The van der Waals surface area contributed by atoms with Crippen LogP contribution in [0.25, 0.3) is 56.0 Å². The van der Waals surface area contributed by atoms with Crippen molar-refractivity contribution in [1.82, 2.24) is 15.8 Å². The highest BCUT2D eigenvalue weighted by molar-refractivity contribution is 6.29. The summed E-state index contributed by atoms with van der Waals surface area (Å²) in [4.78, 5) is 31.5. The van der Waals surface area contributed by atoms with Crippen molar-refractivity contribution < 1.29 is 22.9 Å². The summed E-state index contributed by atoms with van der Waals surface area (Å²) in [5.74, 6) is 1.27. The van der Waals surface area contributed by atoms with Gasteiger partial charge in [-0.2, -0.15) is 0 Å². The van der Waals surface area contributed by atoms with Crippen LogP contribution in [-0.4, -0.2) is 43.2 Å². The molecule has 3 heterocycles. The largest absolute Gasteiger partial charge is 0.456 e. The summed E-state index contributed by atoms with van der Waals surface area (Å²) >= 11 is 6.02. The molecule has 56 heavy (non-hydrogen) atoms. The predicted octanol–water partition coefficient (Wildman–Crippen LogP) is 9.61. The van der Waals surface area contributed by atoms with Gasteiger partial charge in [0.1, 0.15) is 11.3 Å². The summed E-state index contributed by atoms with van der Waals surface area (Å²) in [5, 5.41) is 15.9. The number of carbonyl (C=O) groups excluding carboxylic acids is 2. The number of hydrogen-bond acceptors (Lipinski definition) is 8. The monoisotopic (exact) mass is 769 g/mol. The number of nitrogens with one attached hydrogen (secondary N) is 3. The second-order valence-corrected chi connectivity index (χ2v) is 14.0. The van der Waals surface area contributed by atoms with Gasteiger partial charge in [-0.3, -0.25) is 14.6 Å². The van der Waals surface area contributed by atoms with Gasteiger partial charge in [0.15, 0.2) is 22.4 Å². The van der Waals surface area contributed by atoms with Crippen LogP contribution in [0.2, 0.25) is 5.22 Å². The van der Waals surface area contributed by atoms with Crippen LogP contribution in [0.15, 0.2) is 109 Å². The molecule has 1 aliphatic heterocycles. The Morgan fingerprint density at radius 1 is 0.804 bits per heavy atom. The first-order chi connectivity index (χ1) is 27.2. The Morgan fingerprint density at radius 2 is 1.57 bits per heavy atom. The SMILES string of the molecule is CCN=c1cc2oc3cc(NCC)c(C)c(-c4ccccc4C(=O)NCCCCNC(=O)Cc4onc(-c5ccc(Cl)o5)c4-c4ccccc4)c3cc-2cc1C. The van der Waals surface area contributed by atoms with Crippen LogP contribution in [0.4, 0.5) is 5.69 Å². The minimum atomic E-state index is -0.200. The Morgan fingerprint density at radius 3 is 2.32 bits per heavy atom. The van der Waals surface area contributed by atoms with Gasteiger partial charge in [-0.1, -0.05) is 53.7 Å². The lowest BCUT2D eigenvalue weighted by molar-refractivity contribution is -0.120. The molecule has 0 fully saturated rings. The number of amides is 2. The minimum absolute atomic E-state index is 0.000645. The van der Waals surface area contributed by atoms with Crippen molar-refractivity contribution in [2.45, 2.75) is 47.0 Å². The number of nitrogens with zero attached hydrogens (tertiary/aromatic N) is 2. The molecule has 5 aromatic rings. The van der Waals surface area contributed by atoms with Gasteiger partial charge in [0.05, 0.1) is 17.3 Å². The van der Waals surface area contributed by atoms with Crippen LogP contribution in [0, 0.1) is 13.8 Å². The molecule has 3 N–H and O–H groups in total. The van der Waals surface area contributed by atoms with E-state index in [1.165, 1.54) is 0 Å². The molecular weight excluding hydrogens is 726 g/mol. The summed E-state index contributed by atoms with van der Waals surface area (Å²) in [6.45, 7) is 10.5. The van der Waals surface area contributed by atoms with E-state index < -0.39 is 0 Å². The second-order valence-electron chi connectivity index (χ2n) is 13.6. The van der Waals surface area contributed by atoms with Crippen molar-refractivity contribution >= 4 is 40.1 Å². The number of furan rings is 1. The number of halogens is 1. The van der Waals surface area contributed by atoms with Crippen LogP contribution < -0.4 is 21.3 Å². The molecule has 11 heteroatoms. The lowest BCUT2D eigenvalue weighted by Crippen LogP contribution is -2.28. The molecule has 0 atom stereocenters. The van der Waals surface area contributed by atoms with E-state index in [1.54, 1.807) is 12.1 Å². The first-order valence-corrected chi connectivity index (χ1v) is 19.3. The smallest absolute Gasteiger partial charge is 0.251 e. The molecule has 2 aromatic heterocycles. The topological polar surface area (TPSA) is 135 Å². The fourth-order valence-electron chi connectivity index (χ4n) is 7.08. The first kappa shape index (κ1) is 38.2. The third kappa shape index (κ3) is 8.11. The summed E-state index contributed by atoms with van der Waals surface area (Å²) < 4.78 is 17.8. The number of rotatable bonds is 14. The van der Waals surface area contributed by atoms with Gasteiger partial charge in [-0.15, -0.1) is 0 Å². The van der Waals surface area contributed by atoms with E-state index in [9.17, 15) is 9.59 Å². The number of benzene rings is 4. The summed E-state index contributed by atoms with van der Waals surface area (Å²) in [6.07, 6.45) is 1.34. The second kappa shape index (κ2) is 17.1. The molecule has 0 unspecified atom stereocenters. The molecule has 286 valence electrons. The number of carbonyl (C=O) groups is 2. The zero-order valence-corrected chi connectivity index (χ0v) is 32.7. The van der Waals surface area contributed by atoms with Gasteiger partial charge in [0.2, 0.25) is 5.91 Å². The number of fused-ring (bicyclic) bond motifs is 2. The molecular formula is C45H44ClN5O5. The number of unbranched alkanes of at least 4 members (excludes halogenated alkanes) is 1. The average molecular weight is 770 g/mol. The number of aromatic nitrogens is 1. The maximum Gasteiger partial charge on any atom is 0.251 e. The Bertz CT molecular complexity index is 2550. The Hall–Kier alpha value is -6.13. The highest BCUT2D eigenvalue weighted by atomic mass is 35.5. The maximum atomic E-state index is 13.8. The summed E-state index contributed by atoms with van der Waals surface area (Å²) in [7, 11) is 0. The lowest BCUT2D eigenvalue weighted by Gasteiger charge is -2.19. The van der Waals surface area contributed by atoms with Gasteiger partial charge >= 0.3 is 0 Å². The van der Waals surface area contributed by atoms with Crippen molar-refractivity contribution in [3.63, 3.8) is 0 Å². The van der Waals surface area contributed by atoms with E-state index in [0.29, 0.717) is 60.8 Å². The van der Waals surface area contributed by atoms with Gasteiger partial charge in [-0.25, -0.2) is 0 Å². The fraction of sp³-hybridized carbons (Fsp3) is 0.244. The molecule has 2 aliphatic rings. The molecule has 0 spiro atoms. The van der Waals surface area contributed by atoms with E-state index >= 15 is 0 Å². The van der Waals surface area contributed by atoms with E-state index in [-0.39, 0.29) is 23.5 Å². The molecule has 0 radical (unpaired) electrons. The summed E-state index contributed by atoms with van der Waals surface area (Å²) in [6, 6.07) is 28.9. The van der Waals surface area contributed by atoms with E-state index in [2.05, 4.69) is 59.0 Å². The molecule has 0 saturated heterocycles. The van der Waals surface area contributed by atoms with E-state index in [1.807, 2.05) is 73.7 Å². The zero-order chi connectivity index (χ0) is 39.2. The highest BCUT2D eigenvalue weighted by Gasteiger charge is 2.24. The van der Waals surface area contributed by atoms with Gasteiger partial charge in [-0.05, 0) is 110 Å². The molecule has 0 bridgehead atoms. The molecule has 1 aliphatic carbocycles. The lowest BCUT2D eigenvalue weighted by atomic mass is 9.90. The van der Waals surface area contributed by atoms with Crippen LogP contribution in [-0.2, 0) is 11.2 Å². The van der Waals surface area contributed by atoms with Crippen LogP contribution in [0.3, 0.4) is 0 Å². The van der Waals surface area contributed by atoms with Crippen molar-refractivity contribution in [3.05, 3.63) is 124 Å².